The van der Waals surface area contributed by atoms with Crippen molar-refractivity contribution in [2.75, 3.05) is 5.32 Å². The Balaban J connectivity index is 1.72. The molecule has 1 unspecified atom stereocenters. The van der Waals surface area contributed by atoms with E-state index < -0.39 is 35.0 Å². The molecule has 25 heavy (non-hydrogen) atoms. The lowest BCUT2D eigenvalue weighted by molar-refractivity contribution is -0.137. The number of hydrogen-bond donors (Lipinski definition) is 2. The van der Waals surface area contributed by atoms with Gasteiger partial charge in [-0.25, -0.2) is 0 Å². The molecule has 2 N–H and O–H groups in total. The van der Waals surface area contributed by atoms with Gasteiger partial charge in [0, 0.05) is 12.6 Å². The highest BCUT2D eigenvalue weighted by atomic mass is 19.4. The summed E-state index contributed by atoms with van der Waals surface area (Å²) in [5.41, 5.74) is -1.63. The topological polar surface area (TPSA) is 83.5 Å². The summed E-state index contributed by atoms with van der Waals surface area (Å²) in [6, 6.07) is 9.61. The lowest BCUT2D eigenvalue weighted by Gasteiger charge is -2.09. The number of nitrogens with one attached hydrogen (secondary N) is 2. The van der Waals surface area contributed by atoms with Gasteiger partial charge in [0.25, 0.3) is 11.5 Å². The number of aromatic amines is 1. The number of halogens is 3. The Bertz CT molecular complexity index is 875. The smallest absolute Gasteiger partial charge is 0.387 e. The van der Waals surface area contributed by atoms with Gasteiger partial charge in [-0.3, -0.25) is 9.59 Å². The molecule has 1 atom stereocenters. The van der Waals surface area contributed by atoms with E-state index in [1.54, 1.807) is 24.3 Å². The molecule has 1 aromatic carbocycles. The van der Waals surface area contributed by atoms with Crippen molar-refractivity contribution in [1.82, 2.24) is 4.98 Å². The zero-order valence-corrected chi connectivity index (χ0v) is 12.6. The third kappa shape index (κ3) is 3.70. The summed E-state index contributed by atoms with van der Waals surface area (Å²) >= 11 is 0. The molecule has 1 aliphatic heterocycles. The Labute approximate surface area is 139 Å². The Morgan fingerprint density at radius 2 is 2.00 bits per heavy atom. The molecule has 1 aliphatic rings. The van der Waals surface area contributed by atoms with Crippen LogP contribution in [0.1, 0.15) is 23.7 Å². The van der Waals surface area contributed by atoms with E-state index in [1.165, 1.54) is 0 Å². The molecule has 0 fully saturated rings. The maximum Gasteiger partial charge on any atom is 0.417 e. The fraction of sp³-hybridized carbons (Fsp3) is 0.188. The summed E-state index contributed by atoms with van der Waals surface area (Å²) < 4.78 is 38.1. The van der Waals surface area contributed by atoms with Crippen LogP contribution in [-0.4, -0.2) is 16.6 Å². The lowest BCUT2D eigenvalue weighted by Crippen LogP contribution is -2.26. The molecule has 1 amide bonds. The van der Waals surface area contributed by atoms with Crippen LogP contribution in [0.15, 0.2) is 52.5 Å². The Hall–Kier alpha value is -3.10. The van der Waals surface area contributed by atoms with Gasteiger partial charge in [0.2, 0.25) is 0 Å². The highest BCUT2D eigenvalue weighted by molar-refractivity contribution is 6.43. The molecule has 1 aromatic heterocycles. The third-order valence-electron chi connectivity index (χ3n) is 3.58. The number of alkyl halides is 3. The summed E-state index contributed by atoms with van der Waals surface area (Å²) in [5, 5.41) is 5.80. The molecular formula is C16H12F3N3O3. The number of hydrogen-bond acceptors (Lipinski definition) is 4. The average molecular weight is 351 g/mol. The minimum absolute atomic E-state index is 0.00864. The Kier molecular flexibility index (Phi) is 4.30. The molecule has 9 heteroatoms. The molecule has 130 valence electrons. The number of anilines is 1. The van der Waals surface area contributed by atoms with Crippen LogP contribution in [0.2, 0.25) is 0 Å². The van der Waals surface area contributed by atoms with E-state index in [2.05, 4.69) is 10.5 Å². The van der Waals surface area contributed by atoms with E-state index in [0.717, 1.165) is 5.56 Å². The molecular weight excluding hydrogens is 339 g/mol. The van der Waals surface area contributed by atoms with Crippen LogP contribution in [0.4, 0.5) is 18.9 Å². The molecule has 0 aliphatic carbocycles. The van der Waals surface area contributed by atoms with E-state index in [4.69, 9.17) is 4.84 Å². The van der Waals surface area contributed by atoms with E-state index in [1.807, 2.05) is 11.1 Å². The van der Waals surface area contributed by atoms with E-state index >= 15 is 0 Å². The van der Waals surface area contributed by atoms with Crippen molar-refractivity contribution in [3.63, 3.8) is 0 Å². The average Bonchev–Trinajstić information content (AvgIpc) is 3.07. The minimum Gasteiger partial charge on any atom is -0.387 e. The number of oxime groups is 1. The van der Waals surface area contributed by atoms with Gasteiger partial charge in [-0.2, -0.15) is 13.2 Å². The van der Waals surface area contributed by atoms with Gasteiger partial charge in [0.05, 0.1) is 5.56 Å². The maximum atomic E-state index is 12.7. The largest absolute Gasteiger partial charge is 0.417 e. The molecule has 0 radical (unpaired) electrons. The third-order valence-corrected chi connectivity index (χ3v) is 3.58. The summed E-state index contributed by atoms with van der Waals surface area (Å²) in [6.07, 6.45) is -4.41. The van der Waals surface area contributed by atoms with Crippen LogP contribution >= 0.6 is 0 Å². The second kappa shape index (κ2) is 6.42. The van der Waals surface area contributed by atoms with Crippen LogP contribution in [0.5, 0.6) is 0 Å². The fourth-order valence-corrected chi connectivity index (χ4v) is 2.29. The van der Waals surface area contributed by atoms with Gasteiger partial charge in [-0.05, 0) is 11.6 Å². The van der Waals surface area contributed by atoms with Crippen molar-refractivity contribution in [1.29, 1.82) is 0 Å². The van der Waals surface area contributed by atoms with E-state index in [-0.39, 0.29) is 12.1 Å². The number of aromatic nitrogens is 1. The number of carbonyl (C=O) groups is 1. The van der Waals surface area contributed by atoms with Crippen LogP contribution in [0, 0.1) is 0 Å². The number of nitrogens with zero attached hydrogens (tertiary/aromatic N) is 1. The number of rotatable bonds is 3. The highest BCUT2D eigenvalue weighted by Crippen LogP contribution is 2.30. The predicted octanol–water partition coefficient (Wildman–Crippen LogP) is 2.85. The second-order valence-electron chi connectivity index (χ2n) is 5.33. The standard InChI is InChI=1S/C16H12F3N3O3/c17-16(18,19)10-6-11(14(23)20-8-10)21-15(24)12-7-13(25-22-12)9-4-2-1-3-5-9/h1-6,8,13H,7H2,(H,20,23)(H,21,24). The summed E-state index contributed by atoms with van der Waals surface area (Å²) in [6.45, 7) is 0. The second-order valence-corrected chi connectivity index (χ2v) is 5.33. The highest BCUT2D eigenvalue weighted by Gasteiger charge is 2.32. The van der Waals surface area contributed by atoms with Crippen molar-refractivity contribution in [3.05, 3.63) is 64.1 Å². The van der Waals surface area contributed by atoms with Gasteiger partial charge in [-0.15, -0.1) is 0 Å². The number of H-pyrrole nitrogens is 1. The first-order chi connectivity index (χ1) is 11.8. The van der Waals surface area contributed by atoms with E-state index in [0.29, 0.717) is 12.3 Å². The Morgan fingerprint density at radius 3 is 2.68 bits per heavy atom. The maximum absolute atomic E-state index is 12.7. The molecule has 2 heterocycles. The van der Waals surface area contributed by atoms with Crippen molar-refractivity contribution in [2.45, 2.75) is 18.7 Å². The monoisotopic (exact) mass is 351 g/mol. The predicted molar refractivity (Wildman–Crippen MR) is 83.0 cm³/mol. The van der Waals surface area contributed by atoms with Crippen molar-refractivity contribution in [2.24, 2.45) is 5.16 Å². The van der Waals surface area contributed by atoms with Crippen molar-refractivity contribution < 1.29 is 22.8 Å². The van der Waals surface area contributed by atoms with Crippen molar-refractivity contribution in [3.8, 4) is 0 Å². The van der Waals surface area contributed by atoms with Crippen LogP contribution in [-0.2, 0) is 15.8 Å². The number of benzene rings is 1. The number of carbonyl (C=O) groups excluding carboxylic acids is 1. The summed E-state index contributed by atoms with van der Waals surface area (Å²) in [5.74, 6) is -0.789. The number of amides is 1. The molecule has 0 saturated carbocycles. The summed E-state index contributed by atoms with van der Waals surface area (Å²) in [4.78, 5) is 30.9. The normalized spacial score (nSPS) is 16.9. The summed E-state index contributed by atoms with van der Waals surface area (Å²) in [7, 11) is 0. The molecule has 6 nitrogen and oxygen atoms in total. The zero-order chi connectivity index (χ0) is 18.0. The van der Waals surface area contributed by atoms with Gasteiger partial charge < -0.3 is 15.1 Å². The van der Waals surface area contributed by atoms with Crippen LogP contribution < -0.4 is 10.9 Å². The first-order valence-corrected chi connectivity index (χ1v) is 7.23. The molecule has 3 rings (SSSR count). The quantitative estimate of drug-likeness (QED) is 0.892. The van der Waals surface area contributed by atoms with Gasteiger partial charge in [0.1, 0.15) is 11.4 Å². The van der Waals surface area contributed by atoms with Crippen LogP contribution in [0.25, 0.3) is 0 Å². The Morgan fingerprint density at radius 1 is 1.28 bits per heavy atom. The van der Waals surface area contributed by atoms with E-state index in [9.17, 15) is 22.8 Å². The van der Waals surface area contributed by atoms with Crippen LogP contribution in [0.3, 0.4) is 0 Å². The molecule has 0 bridgehead atoms. The molecule has 0 spiro atoms. The molecule has 0 saturated heterocycles. The minimum atomic E-state index is -4.64. The number of pyridine rings is 1. The van der Waals surface area contributed by atoms with Gasteiger partial charge in [0.15, 0.2) is 6.10 Å². The SMILES string of the molecule is O=C(Nc1cc(C(F)(F)F)c[nH]c1=O)C1=NOC(c2ccccc2)C1. The van der Waals surface area contributed by atoms with Crippen molar-refractivity contribution >= 4 is 17.3 Å². The fourth-order valence-electron chi connectivity index (χ4n) is 2.29. The molecule has 2 aromatic rings. The zero-order valence-electron chi connectivity index (χ0n) is 12.6. The van der Waals surface area contributed by atoms with Gasteiger partial charge >= 0.3 is 6.18 Å². The first kappa shape index (κ1) is 16.7. The lowest BCUT2D eigenvalue weighted by atomic mass is 10.0. The van der Waals surface area contributed by atoms with Gasteiger partial charge in [-0.1, -0.05) is 35.5 Å². The first-order valence-electron chi connectivity index (χ1n) is 7.23.